The second-order valence-electron chi connectivity index (χ2n) is 4.42. The lowest BCUT2D eigenvalue weighted by Crippen LogP contribution is -2.24. The molecular formula is C11H11F3INO3S. The Balaban J connectivity index is 2.57. The van der Waals surface area contributed by atoms with E-state index in [0.29, 0.717) is 13.1 Å². The van der Waals surface area contributed by atoms with Crippen molar-refractivity contribution in [3.8, 4) is 5.75 Å². The van der Waals surface area contributed by atoms with E-state index in [1.165, 1.54) is 0 Å². The summed E-state index contributed by atoms with van der Waals surface area (Å²) in [5, 5.41) is 9.93. The minimum atomic E-state index is -5.41. The summed E-state index contributed by atoms with van der Waals surface area (Å²) in [7, 11) is -5.41. The fourth-order valence-corrected chi connectivity index (χ4v) is 3.68. The number of phenols is 1. The highest BCUT2D eigenvalue weighted by molar-refractivity contribution is 14.1. The van der Waals surface area contributed by atoms with E-state index in [9.17, 15) is 26.7 Å². The van der Waals surface area contributed by atoms with Crippen molar-refractivity contribution in [3.63, 3.8) is 0 Å². The van der Waals surface area contributed by atoms with Gasteiger partial charge in [0.15, 0.2) is 5.75 Å². The SMILES string of the molecule is O=S(=O)(c1cc(I)c(O)c(N2CCCC2)c1)C(F)(F)F. The highest BCUT2D eigenvalue weighted by Crippen LogP contribution is 2.39. The van der Waals surface area contributed by atoms with Gasteiger partial charge >= 0.3 is 5.51 Å². The van der Waals surface area contributed by atoms with Crippen LogP contribution >= 0.6 is 22.6 Å². The van der Waals surface area contributed by atoms with E-state index in [2.05, 4.69) is 0 Å². The van der Waals surface area contributed by atoms with E-state index in [-0.39, 0.29) is 15.0 Å². The van der Waals surface area contributed by atoms with Gasteiger partial charge in [-0.15, -0.1) is 0 Å². The van der Waals surface area contributed by atoms with Crippen LogP contribution in [0.5, 0.6) is 5.75 Å². The summed E-state index contributed by atoms with van der Waals surface area (Å²) in [6, 6.07) is 1.73. The van der Waals surface area contributed by atoms with Crippen LogP contribution < -0.4 is 4.90 Å². The van der Waals surface area contributed by atoms with Crippen molar-refractivity contribution in [2.45, 2.75) is 23.2 Å². The first-order valence-electron chi connectivity index (χ1n) is 5.73. The van der Waals surface area contributed by atoms with Crippen LogP contribution in [0.2, 0.25) is 0 Å². The summed E-state index contributed by atoms with van der Waals surface area (Å²) in [5.41, 5.74) is -5.22. The van der Waals surface area contributed by atoms with Crippen LogP contribution in [0.4, 0.5) is 18.9 Å². The highest BCUT2D eigenvalue weighted by atomic mass is 127. The van der Waals surface area contributed by atoms with Gasteiger partial charge in [0.1, 0.15) is 0 Å². The molecule has 0 unspecified atom stereocenters. The second-order valence-corrected chi connectivity index (χ2v) is 7.52. The zero-order valence-electron chi connectivity index (χ0n) is 10.1. The molecular weight excluding hydrogens is 410 g/mol. The Hall–Kier alpha value is -0.710. The normalized spacial score (nSPS) is 16.7. The monoisotopic (exact) mass is 421 g/mol. The molecule has 0 amide bonds. The summed E-state index contributed by atoms with van der Waals surface area (Å²) >= 11 is 1.62. The van der Waals surface area contributed by atoms with Crippen LogP contribution in [0.15, 0.2) is 17.0 Å². The van der Waals surface area contributed by atoms with Gasteiger partial charge in [-0.3, -0.25) is 0 Å². The lowest BCUT2D eigenvalue weighted by Gasteiger charge is -2.21. The van der Waals surface area contributed by atoms with Gasteiger partial charge in [-0.05, 0) is 47.6 Å². The van der Waals surface area contributed by atoms with Gasteiger partial charge in [0.25, 0.3) is 9.84 Å². The molecule has 1 N–H and O–H groups in total. The first kappa shape index (κ1) is 15.7. The molecule has 0 aliphatic carbocycles. The number of anilines is 1. The Bertz CT molecular complexity index is 625. The maximum Gasteiger partial charge on any atom is 0.501 e. The molecule has 0 aromatic heterocycles. The summed E-state index contributed by atoms with van der Waals surface area (Å²) in [4.78, 5) is 0.849. The van der Waals surface area contributed by atoms with E-state index < -0.39 is 20.2 Å². The average molecular weight is 421 g/mol. The molecule has 1 aliphatic heterocycles. The van der Waals surface area contributed by atoms with Gasteiger partial charge in [-0.2, -0.15) is 13.2 Å². The summed E-state index contributed by atoms with van der Waals surface area (Å²) in [6.07, 6.45) is 1.71. The van der Waals surface area contributed by atoms with Crippen LogP contribution in [0.1, 0.15) is 12.8 Å². The summed E-state index contributed by atoms with van der Waals surface area (Å²) in [6.45, 7) is 1.16. The van der Waals surface area contributed by atoms with Crippen molar-refractivity contribution in [3.05, 3.63) is 15.7 Å². The Kier molecular flexibility index (Phi) is 4.11. The maximum atomic E-state index is 12.6. The molecule has 2 rings (SSSR count). The number of sulfone groups is 1. The van der Waals surface area contributed by atoms with Gasteiger partial charge in [0.05, 0.1) is 14.2 Å². The highest BCUT2D eigenvalue weighted by Gasteiger charge is 2.47. The number of rotatable bonds is 2. The van der Waals surface area contributed by atoms with Crippen molar-refractivity contribution in [2.75, 3.05) is 18.0 Å². The van der Waals surface area contributed by atoms with E-state index in [1.807, 2.05) is 0 Å². The number of aromatic hydroxyl groups is 1. The van der Waals surface area contributed by atoms with Crippen LogP contribution in [0.25, 0.3) is 0 Å². The van der Waals surface area contributed by atoms with Gasteiger partial charge in [0, 0.05) is 13.1 Å². The van der Waals surface area contributed by atoms with Crippen molar-refractivity contribution in [2.24, 2.45) is 0 Å². The van der Waals surface area contributed by atoms with E-state index in [4.69, 9.17) is 0 Å². The minimum absolute atomic E-state index is 0.0785. The molecule has 1 fully saturated rings. The minimum Gasteiger partial charge on any atom is -0.505 e. The van der Waals surface area contributed by atoms with Crippen LogP contribution in [0, 0.1) is 3.57 Å². The largest absolute Gasteiger partial charge is 0.505 e. The molecule has 0 bridgehead atoms. The smallest absolute Gasteiger partial charge is 0.501 e. The third-order valence-corrected chi connectivity index (χ3v) is 5.37. The first-order valence-corrected chi connectivity index (χ1v) is 8.29. The Morgan fingerprint density at radius 2 is 1.75 bits per heavy atom. The Labute approximate surface area is 127 Å². The third kappa shape index (κ3) is 2.69. The zero-order chi connectivity index (χ0) is 15.1. The molecule has 1 aliphatic rings. The van der Waals surface area contributed by atoms with E-state index in [1.54, 1.807) is 27.5 Å². The van der Waals surface area contributed by atoms with Crippen LogP contribution in [-0.2, 0) is 9.84 Å². The molecule has 20 heavy (non-hydrogen) atoms. The fraction of sp³-hybridized carbons (Fsp3) is 0.455. The lowest BCUT2D eigenvalue weighted by atomic mass is 10.2. The van der Waals surface area contributed by atoms with Crippen molar-refractivity contribution in [1.82, 2.24) is 0 Å². The van der Waals surface area contributed by atoms with Crippen LogP contribution in [0.3, 0.4) is 0 Å². The molecule has 4 nitrogen and oxygen atoms in total. The molecule has 112 valence electrons. The van der Waals surface area contributed by atoms with Gasteiger partial charge in [-0.25, -0.2) is 8.42 Å². The summed E-state index contributed by atoms with van der Waals surface area (Å²) < 4.78 is 60.8. The van der Waals surface area contributed by atoms with Crippen molar-refractivity contribution in [1.29, 1.82) is 0 Å². The Morgan fingerprint density at radius 3 is 2.25 bits per heavy atom. The molecule has 9 heteroatoms. The lowest BCUT2D eigenvalue weighted by molar-refractivity contribution is -0.0436. The predicted molar refractivity (Wildman–Crippen MR) is 75.5 cm³/mol. The van der Waals surface area contributed by atoms with E-state index in [0.717, 1.165) is 25.0 Å². The van der Waals surface area contributed by atoms with Gasteiger partial charge in [0.2, 0.25) is 0 Å². The number of benzene rings is 1. The predicted octanol–water partition coefficient (Wildman–Crippen LogP) is 2.89. The van der Waals surface area contributed by atoms with Gasteiger partial charge < -0.3 is 10.0 Å². The third-order valence-electron chi connectivity index (χ3n) is 3.08. The molecule has 1 saturated heterocycles. The van der Waals surface area contributed by atoms with Crippen molar-refractivity contribution >= 4 is 38.1 Å². The topological polar surface area (TPSA) is 57.6 Å². The number of nitrogens with zero attached hydrogens (tertiary/aromatic N) is 1. The van der Waals surface area contributed by atoms with Gasteiger partial charge in [-0.1, -0.05) is 0 Å². The summed E-state index contributed by atoms with van der Waals surface area (Å²) in [5.74, 6) is -0.186. The number of alkyl halides is 3. The maximum absolute atomic E-state index is 12.6. The van der Waals surface area contributed by atoms with Crippen molar-refractivity contribution < 1.29 is 26.7 Å². The number of halogens is 4. The number of hydrogen-bond donors (Lipinski definition) is 1. The molecule has 0 radical (unpaired) electrons. The average Bonchev–Trinajstić information content (AvgIpc) is 2.84. The number of hydrogen-bond acceptors (Lipinski definition) is 4. The molecule has 0 spiro atoms. The fourth-order valence-electron chi connectivity index (χ4n) is 2.05. The first-order chi connectivity index (χ1) is 9.14. The second kappa shape index (κ2) is 5.24. The quantitative estimate of drug-likeness (QED) is 0.747. The molecule has 1 aromatic rings. The zero-order valence-corrected chi connectivity index (χ0v) is 13.1. The molecule has 1 heterocycles. The van der Waals surface area contributed by atoms with Crippen LogP contribution in [-0.4, -0.2) is 32.1 Å². The standard InChI is InChI=1S/C11H11F3INO3S/c12-11(13,14)20(18,19)7-5-8(15)10(17)9(6-7)16-3-1-2-4-16/h5-6,17H,1-4H2. The Morgan fingerprint density at radius 1 is 1.20 bits per heavy atom. The van der Waals surface area contributed by atoms with E-state index >= 15 is 0 Å². The molecule has 1 aromatic carbocycles. The number of phenolic OH excluding ortho intramolecular Hbond substituents is 1. The molecule has 0 atom stereocenters. The molecule has 0 saturated carbocycles.